The number of carbonyl (C=O) groups excluding carboxylic acids is 1. The summed E-state index contributed by atoms with van der Waals surface area (Å²) in [5.41, 5.74) is 0. The van der Waals surface area contributed by atoms with Crippen molar-refractivity contribution >= 4 is 14.8 Å². The Balaban J connectivity index is 0. The van der Waals surface area contributed by atoms with Crippen LogP contribution in [-0.4, -0.2) is 21.9 Å². The van der Waals surface area contributed by atoms with Gasteiger partial charge < -0.3 is 4.74 Å². The molecular weight excluding hydrogens is 192 g/mol. The van der Waals surface area contributed by atoms with Gasteiger partial charge in [0.2, 0.25) is 0 Å². The van der Waals surface area contributed by atoms with Crippen molar-refractivity contribution in [1.29, 1.82) is 0 Å². The zero-order valence-corrected chi connectivity index (χ0v) is 11.2. The number of hydrogen-bond donors (Lipinski definition) is 0. The third kappa shape index (κ3) is 17.5. The second kappa shape index (κ2) is 12.4. The first-order valence-corrected chi connectivity index (χ1v) is 8.41. The van der Waals surface area contributed by atoms with E-state index in [0.29, 0.717) is 0 Å². The van der Waals surface area contributed by atoms with Crippen LogP contribution >= 0.6 is 0 Å². The Morgan fingerprint density at radius 2 is 2.00 bits per heavy atom. The monoisotopic (exact) mass is 216 g/mol. The predicted octanol–water partition coefficient (Wildman–Crippen LogP) is 3.01. The van der Waals surface area contributed by atoms with E-state index in [1.165, 1.54) is 26.4 Å². The van der Waals surface area contributed by atoms with Crippen molar-refractivity contribution in [3.8, 4) is 0 Å². The van der Waals surface area contributed by atoms with Crippen LogP contribution in [0.1, 0.15) is 26.2 Å². The first-order valence-electron chi connectivity index (χ1n) is 5.28. The largest absolute Gasteiger partial charge is 0.466 e. The lowest BCUT2D eigenvalue weighted by atomic mass is 10.3. The van der Waals surface area contributed by atoms with Crippen molar-refractivity contribution in [2.24, 2.45) is 0 Å². The summed E-state index contributed by atoms with van der Waals surface area (Å²) in [5.74, 6) is -0.394. The molecule has 0 aromatic rings. The SMILES string of the molecule is C=CC(=O)OC.CCCCC[SiH](C)C. The smallest absolute Gasteiger partial charge is 0.329 e. The Kier molecular flexibility index (Phi) is 14.1. The number of carbonyl (C=O) groups is 1. The summed E-state index contributed by atoms with van der Waals surface area (Å²) in [5, 5.41) is 0. The predicted molar refractivity (Wildman–Crippen MR) is 65.4 cm³/mol. The molecule has 84 valence electrons. The van der Waals surface area contributed by atoms with Crippen LogP contribution < -0.4 is 0 Å². The number of hydrogen-bond acceptors (Lipinski definition) is 2. The molecule has 0 rings (SSSR count). The van der Waals surface area contributed by atoms with E-state index in [-0.39, 0.29) is 8.80 Å². The molecule has 0 aliphatic heterocycles. The molecule has 0 saturated carbocycles. The molecule has 0 aromatic heterocycles. The third-order valence-corrected chi connectivity index (χ3v) is 3.32. The minimum absolute atomic E-state index is 0.202. The maximum Gasteiger partial charge on any atom is 0.329 e. The van der Waals surface area contributed by atoms with Crippen molar-refractivity contribution in [3.63, 3.8) is 0 Å². The number of methoxy groups -OCH3 is 1. The van der Waals surface area contributed by atoms with Crippen LogP contribution in [-0.2, 0) is 9.53 Å². The molecule has 0 atom stereocenters. The standard InChI is InChI=1S/C7H18Si.C4H6O2/c1-4-5-6-7-8(2)3;1-3-4(5)6-2/h8H,4-7H2,1-3H3;3H,1H2,2H3. The van der Waals surface area contributed by atoms with Crippen molar-refractivity contribution < 1.29 is 9.53 Å². The van der Waals surface area contributed by atoms with Gasteiger partial charge in [0, 0.05) is 14.9 Å². The van der Waals surface area contributed by atoms with Crippen LogP contribution in [0.2, 0.25) is 19.1 Å². The van der Waals surface area contributed by atoms with Gasteiger partial charge in [-0.1, -0.05) is 51.9 Å². The average Bonchev–Trinajstić information content (AvgIpc) is 2.17. The molecule has 0 bridgehead atoms. The Bertz CT molecular complexity index is 144. The summed E-state index contributed by atoms with van der Waals surface area (Å²) in [7, 11) is 1.11. The van der Waals surface area contributed by atoms with Crippen molar-refractivity contribution in [2.45, 2.75) is 45.3 Å². The summed E-state index contributed by atoms with van der Waals surface area (Å²) in [6.07, 6.45) is 5.42. The normalized spacial score (nSPS) is 8.93. The molecule has 0 N–H and O–H groups in total. The van der Waals surface area contributed by atoms with E-state index in [4.69, 9.17) is 0 Å². The minimum Gasteiger partial charge on any atom is -0.466 e. The van der Waals surface area contributed by atoms with Gasteiger partial charge in [-0.3, -0.25) is 0 Å². The summed E-state index contributed by atoms with van der Waals surface area (Å²) >= 11 is 0. The van der Waals surface area contributed by atoms with Crippen LogP contribution in [0.5, 0.6) is 0 Å². The van der Waals surface area contributed by atoms with Crippen LogP contribution in [0.3, 0.4) is 0 Å². The summed E-state index contributed by atoms with van der Waals surface area (Å²) in [6, 6.07) is 1.55. The molecule has 0 aromatic carbocycles. The Morgan fingerprint density at radius 1 is 1.43 bits per heavy atom. The molecular formula is C11H24O2Si. The summed E-state index contributed by atoms with van der Waals surface area (Å²) in [4.78, 5) is 9.84. The van der Waals surface area contributed by atoms with E-state index >= 15 is 0 Å². The lowest BCUT2D eigenvalue weighted by molar-refractivity contribution is -0.134. The quantitative estimate of drug-likeness (QED) is 0.306. The zero-order valence-electron chi connectivity index (χ0n) is 10.0. The van der Waals surface area contributed by atoms with E-state index in [1.807, 2.05) is 0 Å². The van der Waals surface area contributed by atoms with Crippen LogP contribution in [0.4, 0.5) is 0 Å². The van der Waals surface area contributed by atoms with Crippen molar-refractivity contribution in [3.05, 3.63) is 12.7 Å². The maximum absolute atomic E-state index is 9.84. The van der Waals surface area contributed by atoms with E-state index in [1.54, 1.807) is 6.04 Å². The minimum atomic E-state index is -0.394. The molecule has 2 nitrogen and oxygen atoms in total. The molecule has 0 fully saturated rings. The molecule has 0 heterocycles. The van der Waals surface area contributed by atoms with Gasteiger partial charge in [0.1, 0.15) is 0 Å². The van der Waals surface area contributed by atoms with E-state index < -0.39 is 5.97 Å². The van der Waals surface area contributed by atoms with Gasteiger partial charge in [0.15, 0.2) is 0 Å². The number of ether oxygens (including phenoxy) is 1. The van der Waals surface area contributed by atoms with Gasteiger partial charge in [0.05, 0.1) is 7.11 Å². The summed E-state index contributed by atoms with van der Waals surface area (Å²) < 4.78 is 4.14. The zero-order chi connectivity index (χ0) is 11.4. The molecule has 0 amide bonds. The van der Waals surface area contributed by atoms with E-state index in [2.05, 4.69) is 31.3 Å². The number of rotatable bonds is 5. The third-order valence-electron chi connectivity index (χ3n) is 1.75. The molecule has 3 heteroatoms. The highest BCUT2D eigenvalue weighted by atomic mass is 28.3. The fourth-order valence-corrected chi connectivity index (χ4v) is 1.99. The van der Waals surface area contributed by atoms with Crippen molar-refractivity contribution in [2.75, 3.05) is 7.11 Å². The highest BCUT2D eigenvalue weighted by molar-refractivity contribution is 6.55. The van der Waals surface area contributed by atoms with E-state index in [0.717, 1.165) is 6.08 Å². The molecule has 0 aliphatic carbocycles. The van der Waals surface area contributed by atoms with Gasteiger partial charge in [-0.25, -0.2) is 4.79 Å². The average molecular weight is 216 g/mol. The molecule has 0 radical (unpaired) electrons. The lowest BCUT2D eigenvalue weighted by Gasteiger charge is -1.99. The molecule has 0 spiro atoms. The lowest BCUT2D eigenvalue weighted by Crippen LogP contribution is -1.97. The fourth-order valence-electron chi connectivity index (χ4n) is 0.886. The van der Waals surface area contributed by atoms with Crippen molar-refractivity contribution in [1.82, 2.24) is 0 Å². The Hall–Kier alpha value is -0.573. The Morgan fingerprint density at radius 3 is 2.21 bits per heavy atom. The van der Waals surface area contributed by atoms with Crippen LogP contribution in [0.15, 0.2) is 12.7 Å². The Labute approximate surface area is 90.0 Å². The van der Waals surface area contributed by atoms with Gasteiger partial charge in [0.25, 0.3) is 0 Å². The maximum atomic E-state index is 9.84. The van der Waals surface area contributed by atoms with E-state index in [9.17, 15) is 4.79 Å². The second-order valence-corrected chi connectivity index (χ2v) is 6.98. The van der Waals surface area contributed by atoms with Gasteiger partial charge in [-0.05, 0) is 0 Å². The highest BCUT2D eigenvalue weighted by Gasteiger charge is 1.92. The van der Waals surface area contributed by atoms with Gasteiger partial charge in [-0.15, -0.1) is 0 Å². The first-order chi connectivity index (χ1) is 6.58. The summed E-state index contributed by atoms with van der Waals surface area (Å²) in [6.45, 7) is 10.3. The van der Waals surface area contributed by atoms with Crippen LogP contribution in [0.25, 0.3) is 0 Å². The van der Waals surface area contributed by atoms with Gasteiger partial charge in [-0.2, -0.15) is 0 Å². The first kappa shape index (κ1) is 15.9. The molecule has 0 aliphatic rings. The molecule has 14 heavy (non-hydrogen) atoms. The highest BCUT2D eigenvalue weighted by Crippen LogP contribution is 2.02. The molecule has 0 unspecified atom stereocenters. The van der Waals surface area contributed by atoms with Crippen LogP contribution in [0, 0.1) is 0 Å². The van der Waals surface area contributed by atoms with Gasteiger partial charge >= 0.3 is 5.97 Å². The second-order valence-electron chi connectivity index (χ2n) is 3.62. The molecule has 0 saturated heterocycles. The number of unbranched alkanes of at least 4 members (excludes halogenated alkanes) is 2. The fraction of sp³-hybridized carbons (Fsp3) is 0.727. The topological polar surface area (TPSA) is 26.3 Å². The number of esters is 1.